The van der Waals surface area contributed by atoms with Gasteiger partial charge in [0.25, 0.3) is 0 Å². The third-order valence-corrected chi connectivity index (χ3v) is 6.20. The molecule has 8 nitrogen and oxygen atoms in total. The van der Waals surface area contributed by atoms with Crippen molar-refractivity contribution in [1.29, 1.82) is 0 Å². The summed E-state index contributed by atoms with van der Waals surface area (Å²) in [6.07, 6.45) is 9.85. The zero-order chi connectivity index (χ0) is 22.5. The van der Waals surface area contributed by atoms with Crippen LogP contribution < -0.4 is 19.1 Å². The van der Waals surface area contributed by atoms with E-state index in [4.69, 9.17) is 14.2 Å². The van der Waals surface area contributed by atoms with Gasteiger partial charge in [-0.1, -0.05) is 6.08 Å². The van der Waals surface area contributed by atoms with Crippen molar-refractivity contribution in [3.8, 4) is 17.2 Å². The Morgan fingerprint density at radius 3 is 2.44 bits per heavy atom. The summed E-state index contributed by atoms with van der Waals surface area (Å²) < 4.78 is 16.6. The molecule has 2 aromatic rings. The maximum atomic E-state index is 13.3. The minimum atomic E-state index is -0.0224. The van der Waals surface area contributed by atoms with E-state index in [9.17, 15) is 4.79 Å². The molecule has 0 spiro atoms. The van der Waals surface area contributed by atoms with Crippen LogP contribution in [0.3, 0.4) is 0 Å². The lowest BCUT2D eigenvalue weighted by Gasteiger charge is -2.36. The number of aromatic nitrogens is 2. The van der Waals surface area contributed by atoms with Gasteiger partial charge in [-0.2, -0.15) is 0 Å². The molecule has 0 unspecified atom stereocenters. The Labute approximate surface area is 188 Å². The van der Waals surface area contributed by atoms with Crippen LogP contribution in [0.15, 0.2) is 36.8 Å². The van der Waals surface area contributed by atoms with E-state index in [1.807, 2.05) is 17.0 Å². The lowest BCUT2D eigenvalue weighted by atomic mass is 9.93. The van der Waals surface area contributed by atoms with Gasteiger partial charge >= 0.3 is 0 Å². The molecule has 1 saturated heterocycles. The maximum Gasteiger partial charge on any atom is 0.227 e. The maximum absolute atomic E-state index is 13.3. The fourth-order valence-electron chi connectivity index (χ4n) is 4.52. The average molecular weight is 439 g/mol. The quantitative estimate of drug-likeness (QED) is 0.686. The Morgan fingerprint density at radius 2 is 1.84 bits per heavy atom. The number of hydrogen-bond acceptors (Lipinski definition) is 7. The molecule has 1 amide bonds. The Kier molecular flexibility index (Phi) is 6.78. The molecule has 170 valence electrons. The van der Waals surface area contributed by atoms with Gasteiger partial charge in [-0.15, -0.1) is 0 Å². The fraction of sp³-hybridized carbons (Fsp3) is 0.458. The Balaban J connectivity index is 1.47. The van der Waals surface area contributed by atoms with E-state index in [2.05, 4.69) is 20.9 Å². The molecule has 1 atom stereocenters. The van der Waals surface area contributed by atoms with Gasteiger partial charge < -0.3 is 24.0 Å². The van der Waals surface area contributed by atoms with E-state index in [1.165, 1.54) is 0 Å². The summed E-state index contributed by atoms with van der Waals surface area (Å²) in [5.74, 6) is 3.12. The van der Waals surface area contributed by atoms with Crippen LogP contribution in [-0.4, -0.2) is 68.3 Å². The van der Waals surface area contributed by atoms with Crippen LogP contribution in [0.25, 0.3) is 5.57 Å². The summed E-state index contributed by atoms with van der Waals surface area (Å²) in [7, 11) is 4.90. The van der Waals surface area contributed by atoms with Gasteiger partial charge in [0.15, 0.2) is 0 Å². The van der Waals surface area contributed by atoms with E-state index in [1.54, 1.807) is 39.9 Å². The second kappa shape index (κ2) is 9.89. The smallest absolute Gasteiger partial charge is 0.227 e. The van der Waals surface area contributed by atoms with Crippen LogP contribution in [0.5, 0.6) is 17.2 Å². The van der Waals surface area contributed by atoms with Crippen LogP contribution >= 0.6 is 0 Å². The van der Waals surface area contributed by atoms with Crippen molar-refractivity contribution in [2.24, 2.45) is 5.92 Å². The molecule has 1 aromatic heterocycles. The van der Waals surface area contributed by atoms with Gasteiger partial charge in [-0.05, 0) is 24.8 Å². The van der Waals surface area contributed by atoms with Crippen molar-refractivity contribution in [3.63, 3.8) is 0 Å². The highest BCUT2D eigenvalue weighted by molar-refractivity contribution is 5.83. The first-order valence-corrected chi connectivity index (χ1v) is 10.9. The number of anilines is 1. The second-order valence-corrected chi connectivity index (χ2v) is 8.02. The fourth-order valence-corrected chi connectivity index (χ4v) is 4.52. The summed E-state index contributed by atoms with van der Waals surface area (Å²) in [5.41, 5.74) is 2.05. The number of carbonyl (C=O) groups is 1. The monoisotopic (exact) mass is 438 g/mol. The summed E-state index contributed by atoms with van der Waals surface area (Å²) in [5, 5.41) is 0. The molecule has 1 fully saturated rings. The molecular formula is C24H30N4O4. The number of nitrogens with zero attached hydrogens (tertiary/aromatic N) is 4. The molecule has 2 aliphatic rings. The van der Waals surface area contributed by atoms with Gasteiger partial charge in [0.05, 0.1) is 39.0 Å². The van der Waals surface area contributed by atoms with Crippen molar-refractivity contribution in [1.82, 2.24) is 14.9 Å². The van der Waals surface area contributed by atoms with Crippen molar-refractivity contribution >= 4 is 17.3 Å². The number of benzene rings is 1. The van der Waals surface area contributed by atoms with E-state index in [-0.39, 0.29) is 11.8 Å². The Hall–Kier alpha value is -3.29. The van der Waals surface area contributed by atoms with E-state index in [0.29, 0.717) is 36.9 Å². The number of methoxy groups -OCH3 is 3. The Bertz CT molecular complexity index is 954. The molecule has 0 saturated carbocycles. The number of hydrogen-bond donors (Lipinski definition) is 0. The van der Waals surface area contributed by atoms with Crippen LogP contribution in [0.1, 0.15) is 24.8 Å². The van der Waals surface area contributed by atoms with Gasteiger partial charge in [-0.25, -0.2) is 4.98 Å². The number of piperidine rings is 1. The van der Waals surface area contributed by atoms with Crippen LogP contribution in [0, 0.1) is 5.92 Å². The SMILES string of the molecule is COc1cc(OC)c(C2=CCN(C(=O)[C@H]3CCCN(c4cnccn4)C3)CC2)c(OC)c1. The standard InChI is InChI=1S/C24H30N4O4/c1-30-19-13-20(31-2)23(21(14-19)32-3)17-6-11-27(12-7-17)24(29)18-5-4-10-28(16-18)22-15-25-8-9-26-22/h6,8-9,13-15,18H,4-5,7,10-12,16H2,1-3H3/t18-/m0/s1. The summed E-state index contributed by atoms with van der Waals surface area (Å²) in [4.78, 5) is 25.9. The van der Waals surface area contributed by atoms with Crippen LogP contribution in [0.2, 0.25) is 0 Å². The molecular weight excluding hydrogens is 408 g/mol. The predicted octanol–water partition coefficient (Wildman–Crippen LogP) is 3.03. The summed E-state index contributed by atoms with van der Waals surface area (Å²) in [6, 6.07) is 3.72. The van der Waals surface area contributed by atoms with Crippen molar-refractivity contribution in [2.45, 2.75) is 19.3 Å². The van der Waals surface area contributed by atoms with Crippen LogP contribution in [0.4, 0.5) is 5.82 Å². The molecule has 8 heteroatoms. The zero-order valence-electron chi connectivity index (χ0n) is 18.9. The first-order valence-electron chi connectivity index (χ1n) is 10.9. The van der Waals surface area contributed by atoms with Crippen molar-refractivity contribution in [2.75, 3.05) is 52.4 Å². The molecule has 0 N–H and O–H groups in total. The highest BCUT2D eigenvalue weighted by Crippen LogP contribution is 2.41. The lowest BCUT2D eigenvalue weighted by molar-refractivity contribution is -0.135. The molecule has 2 aliphatic heterocycles. The lowest BCUT2D eigenvalue weighted by Crippen LogP contribution is -2.46. The molecule has 3 heterocycles. The number of amides is 1. The Morgan fingerprint density at radius 1 is 1.06 bits per heavy atom. The molecule has 0 aliphatic carbocycles. The molecule has 0 radical (unpaired) electrons. The van der Waals surface area contributed by atoms with Gasteiger partial charge in [0.1, 0.15) is 23.1 Å². The average Bonchev–Trinajstić information content (AvgIpc) is 2.88. The van der Waals surface area contributed by atoms with Gasteiger partial charge in [0.2, 0.25) is 5.91 Å². The molecule has 1 aromatic carbocycles. The molecule has 32 heavy (non-hydrogen) atoms. The van der Waals surface area contributed by atoms with E-state index >= 15 is 0 Å². The van der Waals surface area contributed by atoms with Gasteiger partial charge in [-0.3, -0.25) is 9.78 Å². The molecule has 4 rings (SSSR count). The predicted molar refractivity (Wildman–Crippen MR) is 122 cm³/mol. The first kappa shape index (κ1) is 21.9. The summed E-state index contributed by atoms with van der Waals surface area (Å²) >= 11 is 0. The van der Waals surface area contributed by atoms with Crippen molar-refractivity contribution in [3.05, 3.63) is 42.4 Å². The second-order valence-electron chi connectivity index (χ2n) is 8.02. The van der Waals surface area contributed by atoms with Gasteiger partial charge in [0, 0.05) is 50.7 Å². The third kappa shape index (κ3) is 4.49. The normalized spacial score (nSPS) is 18.7. The largest absolute Gasteiger partial charge is 0.496 e. The highest BCUT2D eigenvalue weighted by atomic mass is 16.5. The van der Waals surface area contributed by atoms with Crippen LogP contribution in [-0.2, 0) is 4.79 Å². The first-order chi connectivity index (χ1) is 15.6. The number of carbonyl (C=O) groups excluding carboxylic acids is 1. The topological polar surface area (TPSA) is 77.0 Å². The van der Waals surface area contributed by atoms with Crippen molar-refractivity contribution < 1.29 is 19.0 Å². The minimum absolute atomic E-state index is 0.0224. The summed E-state index contributed by atoms with van der Waals surface area (Å²) in [6.45, 7) is 2.84. The van der Waals surface area contributed by atoms with E-state index < -0.39 is 0 Å². The number of ether oxygens (including phenoxy) is 3. The minimum Gasteiger partial charge on any atom is -0.496 e. The third-order valence-electron chi connectivity index (χ3n) is 6.20. The molecule has 0 bridgehead atoms. The van der Waals surface area contributed by atoms with E-state index in [0.717, 1.165) is 42.8 Å². The highest BCUT2D eigenvalue weighted by Gasteiger charge is 2.31. The number of rotatable bonds is 6. The zero-order valence-corrected chi connectivity index (χ0v) is 18.9.